The van der Waals surface area contributed by atoms with Crippen molar-refractivity contribution in [3.05, 3.63) is 65.2 Å². The first kappa shape index (κ1) is 26.0. The van der Waals surface area contributed by atoms with Gasteiger partial charge in [-0.1, -0.05) is 50.2 Å². The maximum absolute atomic E-state index is 13.8. The summed E-state index contributed by atoms with van der Waals surface area (Å²) < 4.78 is 5.12. The smallest absolute Gasteiger partial charge is 0.407 e. The lowest BCUT2D eigenvalue weighted by Gasteiger charge is -2.34. The summed E-state index contributed by atoms with van der Waals surface area (Å²) in [4.78, 5) is 39.5. The van der Waals surface area contributed by atoms with E-state index in [9.17, 15) is 24.6 Å². The molecule has 10 nitrogen and oxygen atoms in total. The zero-order valence-corrected chi connectivity index (χ0v) is 19.7. The maximum Gasteiger partial charge on any atom is 0.407 e. The molecule has 0 bridgehead atoms. The average Bonchev–Trinajstić information content (AvgIpc) is 3.15. The third kappa shape index (κ3) is 6.71. The van der Waals surface area contributed by atoms with E-state index in [1.165, 1.54) is 22.5 Å². The number of alkyl carbamates (subject to hydrolysis) is 1. The van der Waals surface area contributed by atoms with Gasteiger partial charge in [0.1, 0.15) is 11.8 Å². The quantitative estimate of drug-likeness (QED) is 0.270. The Morgan fingerprint density at radius 1 is 1.14 bits per heavy atom. The van der Waals surface area contributed by atoms with Crippen molar-refractivity contribution in [3.8, 4) is 5.75 Å². The molecule has 1 aliphatic rings. The van der Waals surface area contributed by atoms with E-state index in [4.69, 9.17) is 9.94 Å². The number of phenolic OH excluding ortho intramolecular Hbond substituents is 1. The molecule has 0 heterocycles. The molecule has 3 atom stereocenters. The van der Waals surface area contributed by atoms with Gasteiger partial charge in [-0.25, -0.2) is 10.3 Å². The van der Waals surface area contributed by atoms with Gasteiger partial charge in [0.05, 0.1) is 25.2 Å². The molecule has 0 saturated carbocycles. The van der Waals surface area contributed by atoms with Crippen molar-refractivity contribution in [1.29, 1.82) is 0 Å². The molecule has 0 fully saturated rings. The Labute approximate surface area is 203 Å². The van der Waals surface area contributed by atoms with Crippen LogP contribution >= 0.6 is 0 Å². The van der Waals surface area contributed by atoms with Crippen molar-refractivity contribution in [2.75, 3.05) is 6.61 Å². The van der Waals surface area contributed by atoms with E-state index in [0.29, 0.717) is 12.0 Å². The third-order valence-electron chi connectivity index (χ3n) is 5.70. The number of hydrogen-bond donors (Lipinski definition) is 5. The van der Waals surface area contributed by atoms with Crippen LogP contribution in [0.4, 0.5) is 4.79 Å². The highest BCUT2D eigenvalue weighted by Gasteiger charge is 2.40. The number of nitrogens with zero attached hydrogens (tertiary/aromatic N) is 1. The molecule has 5 N–H and O–H groups in total. The van der Waals surface area contributed by atoms with Gasteiger partial charge in [-0.2, -0.15) is 0 Å². The molecule has 2 aromatic carbocycles. The molecule has 0 unspecified atom stereocenters. The molecule has 0 aromatic heterocycles. The predicted molar refractivity (Wildman–Crippen MR) is 125 cm³/mol. The number of aromatic hydroxyl groups is 1. The molecular formula is C25H31N3O7. The van der Waals surface area contributed by atoms with Gasteiger partial charge < -0.3 is 25.2 Å². The first-order valence-electron chi connectivity index (χ1n) is 11.4. The summed E-state index contributed by atoms with van der Waals surface area (Å²) in [5.74, 6) is -1.46. The zero-order valence-electron chi connectivity index (χ0n) is 19.7. The molecule has 0 spiro atoms. The fourth-order valence-corrected chi connectivity index (χ4v) is 4.15. The van der Waals surface area contributed by atoms with Gasteiger partial charge in [0.15, 0.2) is 0 Å². The molecular weight excluding hydrogens is 454 g/mol. The molecule has 0 aliphatic heterocycles. The number of amides is 3. The topological polar surface area (TPSA) is 148 Å². The highest BCUT2D eigenvalue weighted by Crippen LogP contribution is 2.37. The van der Waals surface area contributed by atoms with Gasteiger partial charge >= 0.3 is 6.09 Å². The summed E-state index contributed by atoms with van der Waals surface area (Å²) in [6.45, 7) is 3.81. The molecule has 2 aromatic rings. The molecule has 3 rings (SSSR count). The van der Waals surface area contributed by atoms with Crippen molar-refractivity contribution in [2.24, 2.45) is 5.92 Å². The summed E-state index contributed by atoms with van der Waals surface area (Å²) >= 11 is 0. The number of nitrogens with one attached hydrogen (secondary N) is 2. The first-order valence-corrected chi connectivity index (χ1v) is 11.4. The summed E-state index contributed by atoms with van der Waals surface area (Å²) in [6, 6.07) is 11.5. The van der Waals surface area contributed by atoms with Crippen LogP contribution in [0.15, 0.2) is 48.5 Å². The lowest BCUT2D eigenvalue weighted by Crippen LogP contribution is -2.52. The second-order valence-electron chi connectivity index (χ2n) is 8.98. The Hall–Kier alpha value is -3.63. The van der Waals surface area contributed by atoms with E-state index in [2.05, 4.69) is 5.32 Å². The molecule has 1 aliphatic carbocycles. The highest BCUT2D eigenvalue weighted by atomic mass is 16.5. The van der Waals surface area contributed by atoms with Crippen LogP contribution in [0.25, 0.3) is 0 Å². The summed E-state index contributed by atoms with van der Waals surface area (Å²) in [7, 11) is 0. The van der Waals surface area contributed by atoms with E-state index in [0.717, 1.165) is 11.1 Å². The minimum Gasteiger partial charge on any atom is -0.508 e. The monoisotopic (exact) mass is 485 g/mol. The zero-order chi connectivity index (χ0) is 25.5. The fourth-order valence-electron chi connectivity index (χ4n) is 4.15. The molecule has 10 heteroatoms. The summed E-state index contributed by atoms with van der Waals surface area (Å²) in [5, 5.41) is 32.3. The second kappa shape index (κ2) is 11.7. The van der Waals surface area contributed by atoms with Crippen LogP contribution < -0.4 is 10.8 Å². The number of aliphatic hydroxyl groups is 1. The van der Waals surface area contributed by atoms with Crippen molar-refractivity contribution in [2.45, 2.75) is 51.4 Å². The number of fused-ring (bicyclic) bond motifs is 1. The van der Waals surface area contributed by atoms with Gasteiger partial charge in [-0.15, -0.1) is 0 Å². The maximum atomic E-state index is 13.8. The number of ether oxygens (including phenoxy) is 1. The lowest BCUT2D eigenvalue weighted by atomic mass is 10.0. The molecule has 0 radical (unpaired) electrons. The van der Waals surface area contributed by atoms with E-state index in [-0.39, 0.29) is 24.8 Å². The predicted octanol–water partition coefficient (Wildman–Crippen LogP) is 2.03. The molecule has 3 amide bonds. The number of phenols is 1. The Morgan fingerprint density at radius 2 is 1.89 bits per heavy atom. The Bertz CT molecular complexity index is 1060. The van der Waals surface area contributed by atoms with Crippen molar-refractivity contribution in [3.63, 3.8) is 0 Å². The standard InChI is InChI=1S/C25H31N3O7/c1-15(2)14-35-25(33)26-20(12-22(31)27-34)24(32)28(13-16-6-5-8-18(29)10-16)23-19-9-4-3-7-17(19)11-21(23)30/h3-10,15,20-21,23,29-30,34H,11-14H2,1-2H3,(H,26,33)(H,27,31)/t20-,21-,23+/m1/s1. The number of hydroxylamine groups is 1. The van der Waals surface area contributed by atoms with Crippen LogP contribution in [0.2, 0.25) is 0 Å². The number of hydrogen-bond acceptors (Lipinski definition) is 7. The average molecular weight is 486 g/mol. The SMILES string of the molecule is CC(C)COC(=O)N[C@H](CC(=O)NO)C(=O)N(Cc1cccc(O)c1)[C@H]1c2ccccc2C[C@H]1O. The lowest BCUT2D eigenvalue weighted by molar-refractivity contribution is -0.142. The normalized spacial score (nSPS) is 17.4. The highest BCUT2D eigenvalue weighted by molar-refractivity contribution is 5.91. The minimum atomic E-state index is -1.38. The van der Waals surface area contributed by atoms with Crippen LogP contribution in [-0.4, -0.2) is 57.0 Å². The van der Waals surface area contributed by atoms with E-state index in [1.807, 2.05) is 32.0 Å². The molecule has 0 saturated heterocycles. The second-order valence-corrected chi connectivity index (χ2v) is 8.98. The van der Waals surface area contributed by atoms with Crippen LogP contribution in [0.5, 0.6) is 5.75 Å². The van der Waals surface area contributed by atoms with Crippen molar-refractivity contribution in [1.82, 2.24) is 15.7 Å². The number of benzene rings is 2. The molecule has 188 valence electrons. The Balaban J connectivity index is 1.96. The Morgan fingerprint density at radius 3 is 2.57 bits per heavy atom. The van der Waals surface area contributed by atoms with E-state index in [1.54, 1.807) is 18.2 Å². The van der Waals surface area contributed by atoms with E-state index < -0.39 is 42.5 Å². The Kier molecular flexibility index (Phi) is 8.67. The first-order chi connectivity index (χ1) is 16.7. The number of rotatable bonds is 9. The van der Waals surface area contributed by atoms with Crippen molar-refractivity contribution >= 4 is 17.9 Å². The van der Waals surface area contributed by atoms with Gasteiger partial charge in [0.25, 0.3) is 0 Å². The third-order valence-corrected chi connectivity index (χ3v) is 5.70. The molecule has 35 heavy (non-hydrogen) atoms. The van der Waals surface area contributed by atoms with Gasteiger partial charge in [-0.3, -0.25) is 14.8 Å². The van der Waals surface area contributed by atoms with Gasteiger partial charge in [0, 0.05) is 13.0 Å². The number of aliphatic hydroxyl groups excluding tert-OH is 1. The largest absolute Gasteiger partial charge is 0.508 e. The van der Waals surface area contributed by atoms with Gasteiger partial charge in [0.2, 0.25) is 11.8 Å². The van der Waals surface area contributed by atoms with Crippen LogP contribution in [-0.2, 0) is 27.3 Å². The summed E-state index contributed by atoms with van der Waals surface area (Å²) in [6.07, 6.45) is -2.02. The van der Waals surface area contributed by atoms with Crippen LogP contribution in [0, 0.1) is 5.92 Å². The number of carbonyl (C=O) groups excluding carboxylic acids is 3. The summed E-state index contributed by atoms with van der Waals surface area (Å²) in [5.41, 5.74) is 3.70. The van der Waals surface area contributed by atoms with E-state index >= 15 is 0 Å². The minimum absolute atomic E-state index is 0.00821. The van der Waals surface area contributed by atoms with Crippen LogP contribution in [0.1, 0.15) is 43.0 Å². The number of carbonyl (C=O) groups is 3. The van der Waals surface area contributed by atoms with Gasteiger partial charge in [-0.05, 0) is 34.7 Å². The van der Waals surface area contributed by atoms with Crippen LogP contribution in [0.3, 0.4) is 0 Å². The van der Waals surface area contributed by atoms with Crippen molar-refractivity contribution < 1.29 is 34.5 Å². The fraction of sp³-hybridized carbons (Fsp3) is 0.400.